The fourth-order valence-electron chi connectivity index (χ4n) is 1.82. The van der Waals surface area contributed by atoms with Crippen molar-refractivity contribution in [3.63, 3.8) is 0 Å². The molecule has 0 unspecified atom stereocenters. The molecule has 0 atom stereocenters. The van der Waals surface area contributed by atoms with Gasteiger partial charge in [0.1, 0.15) is 5.76 Å². The van der Waals surface area contributed by atoms with Crippen LogP contribution in [0.2, 0.25) is 5.02 Å². The number of aryl methyl sites for hydroxylation is 1. The minimum Gasteiger partial charge on any atom is -0.458 e. The normalized spacial score (nSPS) is 11.0. The molecule has 90 valence electrons. The summed E-state index contributed by atoms with van der Waals surface area (Å²) in [6.07, 6.45) is 0. The zero-order valence-corrected chi connectivity index (χ0v) is 10.3. The Bertz CT molecular complexity index is 736. The summed E-state index contributed by atoms with van der Waals surface area (Å²) in [4.78, 5) is 12.1. The van der Waals surface area contributed by atoms with Crippen molar-refractivity contribution in [2.75, 3.05) is 0 Å². The second-order valence-corrected chi connectivity index (χ2v) is 4.42. The van der Waals surface area contributed by atoms with E-state index >= 15 is 0 Å². The van der Waals surface area contributed by atoms with Crippen molar-refractivity contribution in [1.82, 2.24) is 0 Å². The van der Waals surface area contributed by atoms with E-state index < -0.39 is 0 Å². The number of benzene rings is 1. The molecule has 18 heavy (non-hydrogen) atoms. The maximum absolute atomic E-state index is 12.1. The van der Waals surface area contributed by atoms with Gasteiger partial charge >= 0.3 is 0 Å². The summed E-state index contributed by atoms with van der Waals surface area (Å²) in [5.41, 5.74) is 0.519. The van der Waals surface area contributed by atoms with Crippen molar-refractivity contribution in [3.05, 3.63) is 58.7 Å². The van der Waals surface area contributed by atoms with Crippen LogP contribution < -0.4 is 0 Å². The van der Waals surface area contributed by atoms with Crippen molar-refractivity contribution < 1.29 is 13.6 Å². The van der Waals surface area contributed by atoms with Gasteiger partial charge < -0.3 is 8.83 Å². The van der Waals surface area contributed by atoms with Crippen molar-refractivity contribution in [1.29, 1.82) is 0 Å². The highest BCUT2D eigenvalue weighted by atomic mass is 35.5. The zero-order chi connectivity index (χ0) is 12.7. The Morgan fingerprint density at radius 3 is 2.61 bits per heavy atom. The zero-order valence-electron chi connectivity index (χ0n) is 9.57. The van der Waals surface area contributed by atoms with E-state index in [0.29, 0.717) is 16.4 Å². The highest BCUT2D eigenvalue weighted by Crippen LogP contribution is 2.27. The minimum absolute atomic E-state index is 0.229. The molecular weight excluding hydrogens is 252 g/mol. The number of hydrogen-bond acceptors (Lipinski definition) is 3. The quantitative estimate of drug-likeness (QED) is 0.648. The van der Waals surface area contributed by atoms with Gasteiger partial charge in [0.25, 0.3) is 5.78 Å². The maximum atomic E-state index is 12.1. The average Bonchev–Trinajstić information content (AvgIpc) is 2.95. The Balaban J connectivity index is 2.10. The van der Waals surface area contributed by atoms with E-state index in [1.54, 1.807) is 31.2 Å². The van der Waals surface area contributed by atoms with E-state index in [9.17, 15) is 4.79 Å². The third-order valence-electron chi connectivity index (χ3n) is 2.68. The van der Waals surface area contributed by atoms with Gasteiger partial charge in [-0.2, -0.15) is 0 Å². The SMILES string of the molecule is Cc1ccc(C(=O)c2cc3cccc(Cl)c3o2)o1. The first kappa shape index (κ1) is 11.1. The third-order valence-corrected chi connectivity index (χ3v) is 2.98. The van der Waals surface area contributed by atoms with Gasteiger partial charge in [-0.1, -0.05) is 23.7 Å². The van der Waals surface area contributed by atoms with Crippen molar-refractivity contribution in [2.45, 2.75) is 6.92 Å². The van der Waals surface area contributed by atoms with Crippen LogP contribution in [0.4, 0.5) is 0 Å². The van der Waals surface area contributed by atoms with E-state index in [4.69, 9.17) is 20.4 Å². The Morgan fingerprint density at radius 1 is 1.11 bits per heavy atom. The lowest BCUT2D eigenvalue weighted by Gasteiger charge is -1.92. The van der Waals surface area contributed by atoms with Crippen molar-refractivity contribution in [3.8, 4) is 0 Å². The molecule has 0 saturated carbocycles. The minimum atomic E-state index is -0.282. The number of carbonyl (C=O) groups excluding carboxylic acids is 1. The Hall–Kier alpha value is -2.00. The monoisotopic (exact) mass is 260 g/mol. The van der Waals surface area contributed by atoms with E-state index in [2.05, 4.69) is 0 Å². The standard InChI is InChI=1S/C14H9ClO3/c1-8-5-6-11(17-8)13(16)12-7-9-3-2-4-10(15)14(9)18-12/h2-7H,1H3. The van der Waals surface area contributed by atoms with E-state index in [1.165, 1.54) is 0 Å². The molecule has 1 aromatic carbocycles. The molecule has 0 N–H and O–H groups in total. The number of ketones is 1. The topological polar surface area (TPSA) is 43.4 Å². The Labute approximate surface area is 108 Å². The number of rotatable bonds is 2. The summed E-state index contributed by atoms with van der Waals surface area (Å²) < 4.78 is 10.8. The van der Waals surface area contributed by atoms with Gasteiger partial charge in [-0.25, -0.2) is 0 Å². The van der Waals surface area contributed by atoms with Gasteiger partial charge in [-0.15, -0.1) is 0 Å². The molecule has 0 bridgehead atoms. The summed E-state index contributed by atoms with van der Waals surface area (Å²) in [6.45, 7) is 1.78. The van der Waals surface area contributed by atoms with Crippen LogP contribution in [0.3, 0.4) is 0 Å². The molecule has 2 aromatic heterocycles. The van der Waals surface area contributed by atoms with E-state index in [1.807, 2.05) is 12.1 Å². The molecule has 2 heterocycles. The lowest BCUT2D eigenvalue weighted by atomic mass is 10.2. The molecule has 0 saturated heterocycles. The summed E-state index contributed by atoms with van der Waals surface area (Å²) in [5, 5.41) is 1.29. The first-order chi connectivity index (χ1) is 8.65. The van der Waals surface area contributed by atoms with Crippen LogP contribution in [0.1, 0.15) is 22.1 Å². The van der Waals surface area contributed by atoms with Crippen LogP contribution in [0, 0.1) is 6.92 Å². The summed E-state index contributed by atoms with van der Waals surface area (Å²) in [6, 6.07) is 10.4. The van der Waals surface area contributed by atoms with Crippen LogP contribution in [-0.4, -0.2) is 5.78 Å². The predicted molar refractivity (Wildman–Crippen MR) is 68.1 cm³/mol. The van der Waals surface area contributed by atoms with Crippen LogP contribution in [-0.2, 0) is 0 Å². The molecule has 3 aromatic rings. The molecule has 0 aliphatic heterocycles. The van der Waals surface area contributed by atoms with E-state index in [0.717, 1.165) is 5.39 Å². The maximum Gasteiger partial charge on any atom is 0.263 e. The lowest BCUT2D eigenvalue weighted by Crippen LogP contribution is -1.96. The fourth-order valence-corrected chi connectivity index (χ4v) is 2.04. The average molecular weight is 261 g/mol. The van der Waals surface area contributed by atoms with Crippen LogP contribution >= 0.6 is 11.6 Å². The Kier molecular flexibility index (Phi) is 2.49. The number of carbonyl (C=O) groups is 1. The van der Waals surface area contributed by atoms with Crippen molar-refractivity contribution in [2.24, 2.45) is 0 Å². The van der Waals surface area contributed by atoms with Crippen molar-refractivity contribution >= 4 is 28.4 Å². The summed E-state index contributed by atoms with van der Waals surface area (Å²) in [7, 11) is 0. The lowest BCUT2D eigenvalue weighted by molar-refractivity contribution is 0.0984. The molecule has 0 aliphatic rings. The summed E-state index contributed by atoms with van der Waals surface area (Å²) >= 11 is 6.00. The van der Waals surface area contributed by atoms with Gasteiger partial charge in [0, 0.05) is 5.39 Å². The fraction of sp³-hybridized carbons (Fsp3) is 0.0714. The van der Waals surface area contributed by atoms with Gasteiger partial charge in [-0.05, 0) is 31.2 Å². The van der Waals surface area contributed by atoms with Gasteiger partial charge in [0.05, 0.1) is 5.02 Å². The van der Waals surface area contributed by atoms with Crippen LogP contribution in [0.25, 0.3) is 11.0 Å². The molecule has 4 heteroatoms. The third kappa shape index (κ3) is 1.73. The first-order valence-corrected chi connectivity index (χ1v) is 5.82. The number of halogens is 1. The molecule has 0 aliphatic carbocycles. The first-order valence-electron chi connectivity index (χ1n) is 5.44. The van der Waals surface area contributed by atoms with E-state index in [-0.39, 0.29) is 17.3 Å². The molecular formula is C14H9ClO3. The summed E-state index contributed by atoms with van der Waals surface area (Å²) in [5.74, 6) is 0.901. The second kappa shape index (κ2) is 4.03. The predicted octanol–water partition coefficient (Wildman–Crippen LogP) is 4.22. The highest BCUT2D eigenvalue weighted by molar-refractivity contribution is 6.35. The van der Waals surface area contributed by atoms with Gasteiger partial charge in [0.15, 0.2) is 17.1 Å². The molecule has 3 rings (SSSR count). The highest BCUT2D eigenvalue weighted by Gasteiger charge is 2.18. The van der Waals surface area contributed by atoms with Gasteiger partial charge in [0.2, 0.25) is 0 Å². The smallest absolute Gasteiger partial charge is 0.263 e. The van der Waals surface area contributed by atoms with Crippen LogP contribution in [0.5, 0.6) is 0 Å². The molecule has 0 spiro atoms. The van der Waals surface area contributed by atoms with Crippen LogP contribution in [0.15, 0.2) is 45.2 Å². The number of para-hydroxylation sites is 1. The number of hydrogen-bond donors (Lipinski definition) is 0. The van der Waals surface area contributed by atoms with Gasteiger partial charge in [-0.3, -0.25) is 4.79 Å². The second-order valence-electron chi connectivity index (χ2n) is 4.01. The molecule has 3 nitrogen and oxygen atoms in total. The number of fused-ring (bicyclic) bond motifs is 1. The molecule has 0 fully saturated rings. The number of furan rings is 2. The Morgan fingerprint density at radius 2 is 1.94 bits per heavy atom. The molecule has 0 radical (unpaired) electrons. The molecule has 0 amide bonds. The largest absolute Gasteiger partial charge is 0.458 e.